The summed E-state index contributed by atoms with van der Waals surface area (Å²) >= 11 is 0. The lowest BCUT2D eigenvalue weighted by Crippen LogP contribution is -2.12. The van der Waals surface area contributed by atoms with Gasteiger partial charge in [0.1, 0.15) is 23.0 Å². The number of amidine groups is 1. The smallest absolute Gasteiger partial charge is 0.171 e. The van der Waals surface area contributed by atoms with Crippen LogP contribution in [-0.2, 0) is 7.05 Å². The number of pyridine rings is 1. The van der Waals surface area contributed by atoms with Crippen LogP contribution in [0, 0.1) is 19.3 Å². The van der Waals surface area contributed by atoms with Gasteiger partial charge < -0.3 is 10.5 Å². The fraction of sp³-hybridized carbons (Fsp3) is 0.250. The van der Waals surface area contributed by atoms with Crippen LogP contribution in [0.15, 0.2) is 18.3 Å². The first-order valence-corrected chi connectivity index (χ1v) is 5.47. The summed E-state index contributed by atoms with van der Waals surface area (Å²) in [6.45, 7) is 3.83. The Hall–Kier alpha value is -2.37. The van der Waals surface area contributed by atoms with Crippen molar-refractivity contribution >= 4 is 5.84 Å². The summed E-state index contributed by atoms with van der Waals surface area (Å²) in [5.41, 5.74) is 7.54. The summed E-state index contributed by atoms with van der Waals surface area (Å²) in [6, 6.07) is 3.38. The van der Waals surface area contributed by atoms with E-state index in [1.54, 1.807) is 23.0 Å². The molecule has 0 unspecified atom stereocenters. The van der Waals surface area contributed by atoms with E-state index in [1.165, 1.54) is 0 Å². The standard InChI is InChI=1S/C12H15N5O/c1-7-11(8(2)17(3)16-7)18-9-4-5-10(12(13)14)15-6-9/h4-6H,1-3H3,(H3,13,14). The summed E-state index contributed by atoms with van der Waals surface area (Å²) in [5.74, 6) is 1.27. The van der Waals surface area contributed by atoms with Gasteiger partial charge in [-0.15, -0.1) is 0 Å². The van der Waals surface area contributed by atoms with Crippen molar-refractivity contribution in [3.8, 4) is 11.5 Å². The molecule has 0 saturated carbocycles. The molecule has 0 radical (unpaired) electrons. The third kappa shape index (κ3) is 2.17. The van der Waals surface area contributed by atoms with Gasteiger partial charge >= 0.3 is 0 Å². The van der Waals surface area contributed by atoms with E-state index in [0.717, 1.165) is 17.1 Å². The second-order valence-electron chi connectivity index (χ2n) is 4.02. The fourth-order valence-corrected chi connectivity index (χ4v) is 1.62. The SMILES string of the molecule is Cc1nn(C)c(C)c1Oc1ccc(C(=N)N)nc1. The predicted molar refractivity (Wildman–Crippen MR) is 68.0 cm³/mol. The number of nitrogens with zero attached hydrogens (tertiary/aromatic N) is 3. The third-order valence-corrected chi connectivity index (χ3v) is 2.67. The normalized spacial score (nSPS) is 10.4. The van der Waals surface area contributed by atoms with Crippen molar-refractivity contribution in [2.24, 2.45) is 12.8 Å². The Kier molecular flexibility index (Phi) is 3.01. The van der Waals surface area contributed by atoms with E-state index in [2.05, 4.69) is 10.1 Å². The zero-order chi connectivity index (χ0) is 13.3. The molecule has 0 bridgehead atoms. The maximum atomic E-state index is 7.26. The van der Waals surface area contributed by atoms with Crippen molar-refractivity contribution in [2.45, 2.75) is 13.8 Å². The number of rotatable bonds is 3. The van der Waals surface area contributed by atoms with E-state index in [0.29, 0.717) is 11.4 Å². The molecule has 0 fully saturated rings. The lowest BCUT2D eigenvalue weighted by atomic mass is 10.3. The van der Waals surface area contributed by atoms with Crippen molar-refractivity contribution in [1.29, 1.82) is 5.41 Å². The molecule has 0 aromatic carbocycles. The third-order valence-electron chi connectivity index (χ3n) is 2.67. The zero-order valence-corrected chi connectivity index (χ0v) is 10.6. The first-order chi connectivity index (χ1) is 8.49. The van der Waals surface area contributed by atoms with E-state index in [-0.39, 0.29) is 5.84 Å². The lowest BCUT2D eigenvalue weighted by Gasteiger charge is -2.06. The maximum Gasteiger partial charge on any atom is 0.171 e. The van der Waals surface area contributed by atoms with Gasteiger partial charge in [0.2, 0.25) is 0 Å². The molecule has 2 aromatic heterocycles. The largest absolute Gasteiger partial charge is 0.452 e. The Morgan fingerprint density at radius 1 is 1.39 bits per heavy atom. The molecule has 18 heavy (non-hydrogen) atoms. The van der Waals surface area contributed by atoms with Crippen LogP contribution in [-0.4, -0.2) is 20.6 Å². The van der Waals surface area contributed by atoms with Gasteiger partial charge in [0.05, 0.1) is 11.9 Å². The molecule has 2 heterocycles. The Bertz CT molecular complexity index is 585. The zero-order valence-electron chi connectivity index (χ0n) is 10.6. The van der Waals surface area contributed by atoms with Crippen molar-refractivity contribution < 1.29 is 4.74 Å². The second-order valence-corrected chi connectivity index (χ2v) is 4.02. The minimum Gasteiger partial charge on any atom is -0.452 e. The van der Waals surface area contributed by atoms with Gasteiger partial charge in [-0.2, -0.15) is 5.10 Å². The molecule has 0 aliphatic heterocycles. The van der Waals surface area contributed by atoms with Gasteiger partial charge in [0, 0.05) is 7.05 Å². The van der Waals surface area contributed by atoms with Crippen molar-refractivity contribution in [3.05, 3.63) is 35.4 Å². The van der Waals surface area contributed by atoms with Gasteiger partial charge in [-0.3, -0.25) is 10.1 Å². The Labute approximate surface area is 105 Å². The fourth-order valence-electron chi connectivity index (χ4n) is 1.62. The summed E-state index contributed by atoms with van der Waals surface area (Å²) in [5, 5.41) is 11.5. The highest BCUT2D eigenvalue weighted by atomic mass is 16.5. The topological polar surface area (TPSA) is 89.8 Å². The monoisotopic (exact) mass is 245 g/mol. The Balaban J connectivity index is 2.26. The van der Waals surface area contributed by atoms with E-state index < -0.39 is 0 Å². The molecule has 2 aromatic rings. The molecule has 0 atom stereocenters. The van der Waals surface area contributed by atoms with E-state index in [4.69, 9.17) is 15.9 Å². The van der Waals surface area contributed by atoms with Crippen LogP contribution in [0.3, 0.4) is 0 Å². The van der Waals surface area contributed by atoms with Gasteiger partial charge in [-0.25, -0.2) is 4.98 Å². The van der Waals surface area contributed by atoms with Gasteiger partial charge in [0.15, 0.2) is 5.75 Å². The van der Waals surface area contributed by atoms with Crippen LogP contribution < -0.4 is 10.5 Å². The first kappa shape index (κ1) is 12.1. The van der Waals surface area contributed by atoms with Gasteiger partial charge in [-0.1, -0.05) is 0 Å². The summed E-state index contributed by atoms with van der Waals surface area (Å²) < 4.78 is 7.50. The quantitative estimate of drug-likeness (QED) is 0.633. The molecule has 6 nitrogen and oxygen atoms in total. The minimum absolute atomic E-state index is 0.0599. The highest BCUT2D eigenvalue weighted by Gasteiger charge is 2.11. The predicted octanol–water partition coefficient (Wildman–Crippen LogP) is 1.51. The van der Waals surface area contributed by atoms with E-state index in [9.17, 15) is 0 Å². The van der Waals surface area contributed by atoms with Gasteiger partial charge in [-0.05, 0) is 26.0 Å². The molecule has 0 saturated heterocycles. The van der Waals surface area contributed by atoms with Crippen LogP contribution in [0.2, 0.25) is 0 Å². The van der Waals surface area contributed by atoms with Crippen molar-refractivity contribution in [3.63, 3.8) is 0 Å². The first-order valence-electron chi connectivity index (χ1n) is 5.47. The number of nitrogens with one attached hydrogen (secondary N) is 1. The second kappa shape index (κ2) is 4.48. The van der Waals surface area contributed by atoms with Crippen LogP contribution in [0.25, 0.3) is 0 Å². The highest BCUT2D eigenvalue weighted by molar-refractivity contribution is 5.92. The lowest BCUT2D eigenvalue weighted by molar-refractivity contribution is 0.472. The van der Waals surface area contributed by atoms with Crippen LogP contribution in [0.5, 0.6) is 11.5 Å². The molecule has 2 rings (SSSR count). The molecule has 6 heteroatoms. The maximum absolute atomic E-state index is 7.26. The van der Waals surface area contributed by atoms with E-state index >= 15 is 0 Å². The van der Waals surface area contributed by atoms with Crippen molar-refractivity contribution in [2.75, 3.05) is 0 Å². The van der Waals surface area contributed by atoms with Gasteiger partial charge in [0.25, 0.3) is 0 Å². The summed E-state index contributed by atoms with van der Waals surface area (Å²) in [7, 11) is 1.87. The number of hydrogen-bond acceptors (Lipinski definition) is 4. The number of ether oxygens (including phenoxy) is 1. The molecular weight excluding hydrogens is 230 g/mol. The summed E-state index contributed by atoms with van der Waals surface area (Å²) in [4.78, 5) is 4.04. The molecule has 0 aliphatic rings. The van der Waals surface area contributed by atoms with Crippen LogP contribution in [0.1, 0.15) is 17.1 Å². The molecule has 0 spiro atoms. The highest BCUT2D eigenvalue weighted by Crippen LogP contribution is 2.27. The minimum atomic E-state index is -0.0599. The number of hydrogen-bond donors (Lipinski definition) is 2. The number of aromatic nitrogens is 3. The molecule has 0 aliphatic carbocycles. The molecular formula is C12H15N5O. The average molecular weight is 245 g/mol. The molecule has 3 N–H and O–H groups in total. The number of aryl methyl sites for hydroxylation is 2. The summed E-state index contributed by atoms with van der Waals surface area (Å²) in [6.07, 6.45) is 1.54. The van der Waals surface area contributed by atoms with E-state index in [1.807, 2.05) is 20.9 Å². The van der Waals surface area contributed by atoms with Crippen molar-refractivity contribution in [1.82, 2.24) is 14.8 Å². The Morgan fingerprint density at radius 3 is 2.56 bits per heavy atom. The van der Waals surface area contributed by atoms with Crippen LogP contribution in [0.4, 0.5) is 0 Å². The number of nitrogen functional groups attached to an aromatic ring is 1. The van der Waals surface area contributed by atoms with Crippen LogP contribution >= 0.6 is 0 Å². The Morgan fingerprint density at radius 2 is 2.11 bits per heavy atom. The molecule has 0 amide bonds. The number of nitrogens with two attached hydrogens (primary N) is 1. The molecule has 94 valence electrons. The average Bonchev–Trinajstić information content (AvgIpc) is 2.57.